The first-order valence-corrected chi connectivity index (χ1v) is 8.80. The summed E-state index contributed by atoms with van der Waals surface area (Å²) in [6.07, 6.45) is 2.41. The maximum atomic E-state index is 14.0. The molecule has 0 spiro atoms. The van der Waals surface area contributed by atoms with Crippen LogP contribution in [0.5, 0.6) is 0 Å². The fraction of sp³-hybridized carbons (Fsp3) is 0.211. The molecule has 1 fully saturated rings. The van der Waals surface area contributed by atoms with Crippen LogP contribution in [0, 0.1) is 17.5 Å². The molecule has 1 N–H and O–H groups in total. The highest BCUT2D eigenvalue weighted by Gasteiger charge is 2.17. The number of hydrogen-bond acceptors (Lipinski definition) is 7. The summed E-state index contributed by atoms with van der Waals surface area (Å²) >= 11 is 0. The molecule has 0 unspecified atom stereocenters. The molecule has 7 nitrogen and oxygen atoms in total. The fourth-order valence-electron chi connectivity index (χ4n) is 2.82. The predicted molar refractivity (Wildman–Crippen MR) is 100 cm³/mol. The molecule has 3 aromatic rings. The smallest absolute Gasteiger partial charge is 0.245 e. The van der Waals surface area contributed by atoms with E-state index in [1.807, 2.05) is 0 Å². The van der Waals surface area contributed by atoms with E-state index in [2.05, 4.69) is 20.5 Å². The van der Waals surface area contributed by atoms with E-state index < -0.39 is 17.5 Å². The molecule has 1 saturated heterocycles. The SMILES string of the molecule is Fc1ccc(-c2ccc(/C=N/Nc3ncc(F)c(N4CCOCC4)n3)o2)c(F)c1. The highest BCUT2D eigenvalue weighted by Crippen LogP contribution is 2.25. The first kappa shape index (κ1) is 18.9. The topological polar surface area (TPSA) is 75.8 Å². The van der Waals surface area contributed by atoms with Gasteiger partial charge in [-0.05, 0) is 24.3 Å². The van der Waals surface area contributed by atoms with E-state index in [0.29, 0.717) is 32.1 Å². The van der Waals surface area contributed by atoms with Gasteiger partial charge in [0.05, 0.1) is 31.2 Å². The van der Waals surface area contributed by atoms with Gasteiger partial charge in [-0.2, -0.15) is 10.1 Å². The summed E-state index contributed by atoms with van der Waals surface area (Å²) in [6, 6.07) is 6.35. The van der Waals surface area contributed by atoms with Crippen LogP contribution in [0.2, 0.25) is 0 Å². The van der Waals surface area contributed by atoms with Crippen LogP contribution in [-0.2, 0) is 4.74 Å². The molecule has 4 rings (SSSR count). The number of aromatic nitrogens is 2. The Morgan fingerprint density at radius 3 is 2.69 bits per heavy atom. The number of nitrogens with one attached hydrogen (secondary N) is 1. The second-order valence-corrected chi connectivity index (χ2v) is 6.16. The molecule has 3 heterocycles. The van der Waals surface area contributed by atoms with Gasteiger partial charge in [-0.3, -0.25) is 0 Å². The second kappa shape index (κ2) is 8.31. The number of halogens is 3. The van der Waals surface area contributed by atoms with E-state index in [9.17, 15) is 13.2 Å². The minimum absolute atomic E-state index is 0.112. The molecule has 0 saturated carbocycles. The van der Waals surface area contributed by atoms with Gasteiger partial charge >= 0.3 is 0 Å². The van der Waals surface area contributed by atoms with E-state index in [1.54, 1.807) is 17.0 Å². The number of hydrazone groups is 1. The van der Waals surface area contributed by atoms with E-state index in [1.165, 1.54) is 12.3 Å². The maximum absolute atomic E-state index is 14.0. The molecule has 29 heavy (non-hydrogen) atoms. The van der Waals surface area contributed by atoms with E-state index >= 15 is 0 Å². The van der Waals surface area contributed by atoms with E-state index in [-0.39, 0.29) is 23.1 Å². The Hall–Kier alpha value is -3.40. The summed E-state index contributed by atoms with van der Waals surface area (Å²) in [5.41, 5.74) is 2.74. The van der Waals surface area contributed by atoms with E-state index in [0.717, 1.165) is 18.3 Å². The van der Waals surface area contributed by atoms with Crippen molar-refractivity contribution in [3.8, 4) is 11.3 Å². The van der Waals surface area contributed by atoms with Gasteiger partial charge in [0.2, 0.25) is 5.95 Å². The number of anilines is 2. The van der Waals surface area contributed by atoms with Crippen molar-refractivity contribution in [2.24, 2.45) is 5.10 Å². The van der Waals surface area contributed by atoms with E-state index in [4.69, 9.17) is 9.15 Å². The average molecular weight is 403 g/mol. The third-order valence-electron chi connectivity index (χ3n) is 4.22. The Labute approximate surface area is 163 Å². The van der Waals surface area contributed by atoms with Gasteiger partial charge in [0, 0.05) is 19.2 Å². The standard InChI is InChI=1S/C19H16F3N5O2/c20-12-1-3-14(15(21)9-12)17-4-2-13(29-17)10-24-26-19-23-11-16(22)18(25-19)27-5-7-28-8-6-27/h1-4,9-11H,5-8H2,(H,23,25,26)/b24-10+. The minimum atomic E-state index is -0.726. The summed E-state index contributed by atoms with van der Waals surface area (Å²) < 4.78 is 51.6. The summed E-state index contributed by atoms with van der Waals surface area (Å²) in [4.78, 5) is 9.77. The molecule has 0 bridgehead atoms. The zero-order valence-corrected chi connectivity index (χ0v) is 15.1. The number of furan rings is 1. The zero-order valence-electron chi connectivity index (χ0n) is 15.1. The van der Waals surface area contributed by atoms with Crippen molar-refractivity contribution >= 4 is 18.0 Å². The molecule has 1 aliphatic rings. The van der Waals surface area contributed by atoms with Gasteiger partial charge < -0.3 is 14.1 Å². The Kier molecular flexibility index (Phi) is 5.43. The number of benzene rings is 1. The molecule has 2 aromatic heterocycles. The maximum Gasteiger partial charge on any atom is 0.245 e. The molecule has 0 atom stereocenters. The van der Waals surface area contributed by atoms with Crippen LogP contribution in [-0.4, -0.2) is 42.5 Å². The lowest BCUT2D eigenvalue weighted by molar-refractivity contribution is 0.122. The first-order valence-electron chi connectivity index (χ1n) is 8.80. The van der Waals surface area contributed by atoms with Crippen LogP contribution in [0.4, 0.5) is 24.9 Å². The van der Waals surface area contributed by atoms with Crippen molar-refractivity contribution in [3.63, 3.8) is 0 Å². The van der Waals surface area contributed by atoms with Crippen LogP contribution in [0.3, 0.4) is 0 Å². The van der Waals surface area contributed by atoms with Crippen LogP contribution in [0.25, 0.3) is 11.3 Å². The largest absolute Gasteiger partial charge is 0.455 e. The Balaban J connectivity index is 1.45. The highest BCUT2D eigenvalue weighted by molar-refractivity contribution is 5.78. The average Bonchev–Trinajstić information content (AvgIpc) is 3.18. The molecule has 0 amide bonds. The molecule has 1 aliphatic heterocycles. The van der Waals surface area contributed by atoms with Gasteiger partial charge in [-0.1, -0.05) is 0 Å². The van der Waals surface area contributed by atoms with Crippen LogP contribution in [0.15, 0.2) is 46.0 Å². The second-order valence-electron chi connectivity index (χ2n) is 6.16. The number of hydrogen-bond donors (Lipinski definition) is 1. The Bertz CT molecular complexity index is 1030. The predicted octanol–water partition coefficient (Wildman–Crippen LogP) is 3.44. The van der Waals surface area contributed by atoms with Gasteiger partial charge in [0.25, 0.3) is 0 Å². The number of nitrogens with zero attached hydrogens (tertiary/aromatic N) is 4. The quantitative estimate of drug-likeness (QED) is 0.520. The van der Waals surface area contributed by atoms with Crippen molar-refractivity contribution in [1.82, 2.24) is 9.97 Å². The molecule has 10 heteroatoms. The Morgan fingerprint density at radius 1 is 1.07 bits per heavy atom. The monoisotopic (exact) mass is 403 g/mol. The van der Waals surface area contributed by atoms with Crippen molar-refractivity contribution in [2.45, 2.75) is 0 Å². The van der Waals surface area contributed by atoms with Crippen molar-refractivity contribution in [1.29, 1.82) is 0 Å². The number of morpholine rings is 1. The van der Waals surface area contributed by atoms with Crippen LogP contribution in [0.1, 0.15) is 5.76 Å². The molecule has 0 aliphatic carbocycles. The zero-order chi connectivity index (χ0) is 20.2. The third kappa shape index (κ3) is 4.37. The van der Waals surface area contributed by atoms with Gasteiger partial charge in [-0.25, -0.2) is 23.6 Å². The summed E-state index contributed by atoms with van der Waals surface area (Å²) in [5, 5.41) is 3.96. The normalized spacial score (nSPS) is 14.5. The third-order valence-corrected chi connectivity index (χ3v) is 4.22. The summed E-state index contributed by atoms with van der Waals surface area (Å²) in [7, 11) is 0. The lowest BCUT2D eigenvalue weighted by Gasteiger charge is -2.27. The van der Waals surface area contributed by atoms with Gasteiger partial charge in [0.1, 0.15) is 23.2 Å². The van der Waals surface area contributed by atoms with Gasteiger partial charge in [0.15, 0.2) is 11.6 Å². The minimum Gasteiger partial charge on any atom is -0.455 e. The van der Waals surface area contributed by atoms with Crippen molar-refractivity contribution in [2.75, 3.05) is 36.6 Å². The van der Waals surface area contributed by atoms with Crippen molar-refractivity contribution in [3.05, 3.63) is 59.7 Å². The molecule has 0 radical (unpaired) electrons. The number of ether oxygens (including phenoxy) is 1. The van der Waals surface area contributed by atoms with Crippen LogP contribution >= 0.6 is 0 Å². The number of rotatable bonds is 5. The Morgan fingerprint density at radius 2 is 1.90 bits per heavy atom. The summed E-state index contributed by atoms with van der Waals surface area (Å²) in [6.45, 7) is 2.07. The van der Waals surface area contributed by atoms with Crippen molar-refractivity contribution < 1.29 is 22.3 Å². The first-order chi connectivity index (χ1) is 14.1. The summed E-state index contributed by atoms with van der Waals surface area (Å²) in [5.74, 6) is -1.08. The highest BCUT2D eigenvalue weighted by atomic mass is 19.1. The molecular formula is C19H16F3N5O2. The molecule has 1 aromatic carbocycles. The lowest BCUT2D eigenvalue weighted by atomic mass is 10.1. The van der Waals surface area contributed by atoms with Crippen LogP contribution < -0.4 is 10.3 Å². The lowest BCUT2D eigenvalue weighted by Crippen LogP contribution is -2.37. The fourth-order valence-corrected chi connectivity index (χ4v) is 2.82. The molecule has 150 valence electrons. The van der Waals surface area contributed by atoms with Gasteiger partial charge in [-0.15, -0.1) is 0 Å². The molecular weight excluding hydrogens is 387 g/mol.